The number of halogens is 2. The first-order valence-electron chi connectivity index (χ1n) is 8.56. The van der Waals surface area contributed by atoms with Gasteiger partial charge in [0, 0.05) is 7.93 Å². The van der Waals surface area contributed by atoms with Crippen molar-refractivity contribution in [2.75, 3.05) is 19.1 Å². The van der Waals surface area contributed by atoms with Gasteiger partial charge in [0.1, 0.15) is 0 Å². The van der Waals surface area contributed by atoms with Gasteiger partial charge in [0.2, 0.25) is 0 Å². The molecule has 0 aromatic heterocycles. The average molecular weight is 441 g/mol. The van der Waals surface area contributed by atoms with Crippen molar-refractivity contribution in [3.05, 3.63) is 91.0 Å². The Morgan fingerprint density at radius 3 is 1.19 bits per heavy atom. The van der Waals surface area contributed by atoms with Gasteiger partial charge in [-0.2, -0.15) is 0 Å². The first kappa shape index (κ1) is 22.3. The van der Waals surface area contributed by atoms with E-state index in [0.717, 1.165) is 15.9 Å². The Balaban J connectivity index is 0.000000596. The van der Waals surface area contributed by atoms with Crippen LogP contribution in [0, 0.1) is 0 Å². The van der Waals surface area contributed by atoms with Gasteiger partial charge in [-0.1, -0.05) is 11.2 Å². The molecule has 144 valence electrons. The summed E-state index contributed by atoms with van der Waals surface area (Å²) in [5.41, 5.74) is 0. The van der Waals surface area contributed by atoms with Crippen molar-refractivity contribution in [3.63, 3.8) is 0 Å². The summed E-state index contributed by atoms with van der Waals surface area (Å²) in [5.74, 6) is -3.21. The van der Waals surface area contributed by atoms with Crippen molar-refractivity contribution in [3.8, 4) is 0 Å². The minimum Gasteiger partial charge on any atom is -0.391 e. The normalized spacial score (nSPS) is 12.8. The van der Waals surface area contributed by atoms with Gasteiger partial charge in [-0.05, 0) is 0 Å². The Hall–Kier alpha value is -0.980. The third-order valence-electron chi connectivity index (χ3n) is 4.46. The number of hydrogen-bond donors (Lipinski definition) is 2. The summed E-state index contributed by atoms with van der Waals surface area (Å²) >= 11 is 12.6. The summed E-state index contributed by atoms with van der Waals surface area (Å²) in [7, 11) is 0.168. The molecule has 0 amide bonds. The molecular weight excluding hydrogens is 417 g/mol. The van der Waals surface area contributed by atoms with E-state index in [-0.39, 0.29) is 20.9 Å². The van der Waals surface area contributed by atoms with Crippen LogP contribution in [0.15, 0.2) is 91.0 Å². The second-order valence-corrected chi connectivity index (χ2v) is 13.9. The van der Waals surface area contributed by atoms with E-state index >= 15 is 0 Å². The van der Waals surface area contributed by atoms with Crippen molar-refractivity contribution < 1.29 is 10.2 Å². The molecule has 0 aliphatic heterocycles. The van der Waals surface area contributed by atoms with Crippen LogP contribution in [0.4, 0.5) is 0 Å². The third-order valence-corrected chi connectivity index (χ3v) is 12.4. The van der Waals surface area contributed by atoms with E-state index in [4.69, 9.17) is 27.6 Å². The fourth-order valence-electron chi connectivity index (χ4n) is 3.24. The molecule has 27 heavy (non-hydrogen) atoms. The molecule has 3 aromatic carbocycles. The summed E-state index contributed by atoms with van der Waals surface area (Å²) in [4.78, 5) is 0. The van der Waals surface area contributed by atoms with Gasteiger partial charge in [0.25, 0.3) is 0 Å². The number of hydrogen-bond acceptors (Lipinski definition) is 2. The SMILES string of the molecule is OCCP(Cl)(c1ccccc1)(c1ccccc1)c1ccccc1.OCPCl. The molecule has 0 spiro atoms. The minimum atomic E-state index is -3.21. The van der Waals surface area contributed by atoms with Gasteiger partial charge in [0.15, 0.2) is 0 Å². The monoisotopic (exact) mass is 440 g/mol. The second-order valence-electron chi connectivity index (χ2n) is 5.93. The smallest absolute Gasteiger partial charge is 0.0739 e. The van der Waals surface area contributed by atoms with Crippen LogP contribution in [-0.4, -0.2) is 29.3 Å². The number of aliphatic hydroxyl groups is 2. The quantitative estimate of drug-likeness (QED) is 0.556. The van der Waals surface area contributed by atoms with Crippen molar-refractivity contribution in [2.24, 2.45) is 0 Å². The van der Waals surface area contributed by atoms with Gasteiger partial charge < -0.3 is 5.11 Å². The van der Waals surface area contributed by atoms with Gasteiger partial charge in [0.05, 0.1) is 6.35 Å². The fraction of sp³-hybridized carbons (Fsp3) is 0.143. The topological polar surface area (TPSA) is 40.5 Å². The molecule has 0 fully saturated rings. The van der Waals surface area contributed by atoms with Crippen molar-refractivity contribution in [2.45, 2.75) is 0 Å². The van der Waals surface area contributed by atoms with Crippen LogP contribution < -0.4 is 15.9 Å². The molecule has 0 radical (unpaired) electrons. The fourth-order valence-corrected chi connectivity index (χ4v) is 8.91. The molecule has 2 nitrogen and oxygen atoms in total. The number of rotatable bonds is 6. The molecule has 0 aliphatic rings. The zero-order valence-corrected chi connectivity index (χ0v) is 18.3. The Bertz CT molecular complexity index is 701. The first-order chi connectivity index (χ1) is 13.1. The van der Waals surface area contributed by atoms with E-state index in [1.807, 2.05) is 54.6 Å². The van der Waals surface area contributed by atoms with Crippen LogP contribution >= 0.6 is 36.4 Å². The molecular formula is C21H24Cl2O2P2. The summed E-state index contributed by atoms with van der Waals surface area (Å²) in [5, 5.41) is 20.9. The maximum Gasteiger partial charge on any atom is 0.0739 e. The van der Waals surface area contributed by atoms with Crippen LogP contribution in [0.1, 0.15) is 0 Å². The van der Waals surface area contributed by atoms with Gasteiger partial charge in [-0.25, -0.2) is 0 Å². The van der Waals surface area contributed by atoms with Gasteiger partial charge >= 0.3 is 142 Å². The summed E-state index contributed by atoms with van der Waals surface area (Å²) < 4.78 is 0. The largest absolute Gasteiger partial charge is 0.391 e. The first-order valence-corrected chi connectivity index (χ1v) is 14.1. The van der Waals surface area contributed by atoms with E-state index in [1.54, 1.807) is 0 Å². The van der Waals surface area contributed by atoms with Crippen molar-refractivity contribution in [1.29, 1.82) is 0 Å². The Morgan fingerprint density at radius 1 is 0.667 bits per heavy atom. The van der Waals surface area contributed by atoms with Crippen molar-refractivity contribution in [1.82, 2.24) is 0 Å². The van der Waals surface area contributed by atoms with E-state index in [0.29, 0.717) is 6.16 Å². The summed E-state index contributed by atoms with van der Waals surface area (Å²) in [6, 6.07) is 30.6. The molecule has 3 rings (SSSR count). The summed E-state index contributed by atoms with van der Waals surface area (Å²) in [6.45, 7) is 0.0417. The Kier molecular flexibility index (Phi) is 8.70. The maximum atomic E-state index is 9.90. The third kappa shape index (κ3) is 4.72. The number of benzene rings is 3. The van der Waals surface area contributed by atoms with Crippen LogP contribution in [0.5, 0.6) is 0 Å². The van der Waals surface area contributed by atoms with Crippen LogP contribution in [0.25, 0.3) is 0 Å². The number of aliphatic hydroxyl groups excluding tert-OH is 2. The zero-order chi connectivity index (χ0) is 19.6. The Morgan fingerprint density at radius 2 is 0.963 bits per heavy atom. The zero-order valence-electron chi connectivity index (χ0n) is 14.9. The molecule has 0 bridgehead atoms. The van der Waals surface area contributed by atoms with E-state index in [2.05, 4.69) is 36.4 Å². The maximum absolute atomic E-state index is 9.90. The molecule has 6 heteroatoms. The average Bonchev–Trinajstić information content (AvgIpc) is 2.76. The molecule has 2 N–H and O–H groups in total. The standard InChI is InChI=1S/C20H20ClOP.CH4ClOP/c21-23(17-16-22,18-10-4-1-5-11-18,19-12-6-2-7-13-19)20-14-8-3-9-15-20;2-4-1-3/h1-15,22H,16-17H2;3-4H,1H2. The Labute approximate surface area is 172 Å². The molecule has 0 saturated heterocycles. The molecule has 0 heterocycles. The predicted molar refractivity (Wildman–Crippen MR) is 124 cm³/mol. The van der Waals surface area contributed by atoms with Crippen LogP contribution in [-0.2, 0) is 0 Å². The van der Waals surface area contributed by atoms with Gasteiger partial charge in [-0.15, -0.1) is 0 Å². The van der Waals surface area contributed by atoms with Crippen molar-refractivity contribution >= 4 is 52.3 Å². The van der Waals surface area contributed by atoms with Crippen LogP contribution in [0.2, 0.25) is 0 Å². The molecule has 3 aromatic rings. The molecule has 1 atom stereocenters. The van der Waals surface area contributed by atoms with E-state index in [1.165, 1.54) is 0 Å². The van der Waals surface area contributed by atoms with E-state index < -0.39 is 5.96 Å². The van der Waals surface area contributed by atoms with Gasteiger partial charge in [-0.3, -0.25) is 0 Å². The predicted octanol–water partition coefficient (Wildman–Crippen LogP) is 4.43. The second kappa shape index (κ2) is 10.5. The minimum absolute atomic E-state index is 0.0417. The molecule has 0 aliphatic carbocycles. The van der Waals surface area contributed by atoms with Crippen LogP contribution in [0.3, 0.4) is 0 Å². The summed E-state index contributed by atoms with van der Waals surface area (Å²) in [6.07, 6.45) is 0.632. The van der Waals surface area contributed by atoms with E-state index in [9.17, 15) is 5.11 Å². The molecule has 0 saturated carbocycles. The molecule has 1 unspecified atom stereocenters.